The van der Waals surface area contributed by atoms with Crippen LogP contribution in [0.3, 0.4) is 0 Å². The summed E-state index contributed by atoms with van der Waals surface area (Å²) in [7, 11) is 0. The van der Waals surface area contributed by atoms with Crippen LogP contribution < -0.4 is 20.5 Å². The first-order valence-corrected chi connectivity index (χ1v) is 11.6. The van der Waals surface area contributed by atoms with E-state index in [0.717, 1.165) is 36.1 Å². The molecule has 0 saturated carbocycles. The van der Waals surface area contributed by atoms with Crippen molar-refractivity contribution in [3.05, 3.63) is 72.3 Å². The lowest BCUT2D eigenvalue weighted by molar-refractivity contribution is -0.118. The number of nitrogens with two attached hydrogens (primary N) is 1. The summed E-state index contributed by atoms with van der Waals surface area (Å²) in [6.07, 6.45) is 4.16. The van der Waals surface area contributed by atoms with Gasteiger partial charge in [0.05, 0.1) is 6.61 Å². The molecule has 0 aliphatic carbocycles. The van der Waals surface area contributed by atoms with Crippen molar-refractivity contribution in [2.45, 2.75) is 51.7 Å². The molecule has 0 heterocycles. The van der Waals surface area contributed by atoms with Crippen LogP contribution in [0.4, 0.5) is 0 Å². The van der Waals surface area contributed by atoms with E-state index >= 15 is 0 Å². The van der Waals surface area contributed by atoms with Crippen molar-refractivity contribution in [2.24, 2.45) is 11.7 Å². The number of amides is 1. The third-order valence-corrected chi connectivity index (χ3v) is 5.60. The molecular formula is C27H38N2O4. The van der Waals surface area contributed by atoms with Crippen molar-refractivity contribution in [1.29, 1.82) is 0 Å². The van der Waals surface area contributed by atoms with Gasteiger partial charge >= 0.3 is 0 Å². The fourth-order valence-corrected chi connectivity index (χ4v) is 3.60. The Hall–Kier alpha value is -2.83. The Kier molecular flexibility index (Phi) is 11.5. The van der Waals surface area contributed by atoms with Gasteiger partial charge < -0.3 is 25.6 Å². The van der Waals surface area contributed by atoms with Crippen molar-refractivity contribution in [3.8, 4) is 11.5 Å². The fourth-order valence-electron chi connectivity index (χ4n) is 3.60. The molecule has 6 heteroatoms. The number of carbonyl (C=O) groups is 1. The predicted octanol–water partition coefficient (Wildman–Crippen LogP) is 3.66. The topological polar surface area (TPSA) is 93.8 Å². The monoisotopic (exact) mass is 454 g/mol. The number of ether oxygens (including phenoxy) is 2. The van der Waals surface area contributed by atoms with E-state index in [-0.39, 0.29) is 24.5 Å². The Labute approximate surface area is 197 Å². The zero-order chi connectivity index (χ0) is 24.1. The number of hydrogen-bond acceptors (Lipinski definition) is 5. The van der Waals surface area contributed by atoms with Gasteiger partial charge in [0.1, 0.15) is 24.2 Å². The van der Waals surface area contributed by atoms with Crippen molar-refractivity contribution >= 4 is 5.91 Å². The van der Waals surface area contributed by atoms with Gasteiger partial charge in [-0.05, 0) is 60.9 Å². The number of carbonyl (C=O) groups excluding carboxylic acids is 1. The summed E-state index contributed by atoms with van der Waals surface area (Å²) in [6, 6.07) is 15.3. The minimum atomic E-state index is -0.772. The Morgan fingerprint density at radius 1 is 1.21 bits per heavy atom. The third kappa shape index (κ3) is 9.68. The molecule has 180 valence electrons. The maximum absolute atomic E-state index is 11.1. The highest BCUT2D eigenvalue weighted by atomic mass is 16.5. The van der Waals surface area contributed by atoms with E-state index in [4.69, 9.17) is 15.2 Å². The molecule has 0 bridgehead atoms. The van der Waals surface area contributed by atoms with Gasteiger partial charge in [0.25, 0.3) is 0 Å². The minimum absolute atomic E-state index is 0.0375. The average molecular weight is 455 g/mol. The van der Waals surface area contributed by atoms with Crippen molar-refractivity contribution in [3.63, 3.8) is 0 Å². The van der Waals surface area contributed by atoms with Crippen LogP contribution in [-0.4, -0.2) is 42.9 Å². The van der Waals surface area contributed by atoms with Crippen LogP contribution in [0.2, 0.25) is 0 Å². The maximum Gasteiger partial charge on any atom is 0.216 e. The smallest absolute Gasteiger partial charge is 0.216 e. The summed E-state index contributed by atoms with van der Waals surface area (Å²) >= 11 is 0. The number of aliphatic hydroxyl groups is 1. The van der Waals surface area contributed by atoms with Crippen LogP contribution in [0.25, 0.3) is 0 Å². The molecule has 6 nitrogen and oxygen atoms in total. The molecule has 0 aliphatic heterocycles. The molecule has 2 rings (SSSR count). The maximum atomic E-state index is 11.1. The lowest BCUT2D eigenvalue weighted by Gasteiger charge is -2.25. The molecule has 0 radical (unpaired) electrons. The fraction of sp³-hybridized carbons (Fsp3) is 0.444. The second-order valence-corrected chi connectivity index (χ2v) is 8.40. The Bertz CT molecular complexity index is 856. The lowest BCUT2D eigenvalue weighted by Crippen LogP contribution is -2.43. The van der Waals surface area contributed by atoms with Gasteiger partial charge in [-0.1, -0.05) is 43.3 Å². The van der Waals surface area contributed by atoms with Gasteiger partial charge in [0, 0.05) is 19.5 Å². The van der Waals surface area contributed by atoms with Crippen LogP contribution in [0.5, 0.6) is 11.5 Å². The number of rotatable bonds is 15. The SMILES string of the molecule is C=CCc1cc(CCNC(C)=O)ccc1OCC(O)C(N)C(C)CCCOc1ccccc1. The molecule has 0 saturated heterocycles. The molecule has 2 aromatic rings. The van der Waals surface area contributed by atoms with Gasteiger partial charge in [-0.2, -0.15) is 0 Å². The second-order valence-electron chi connectivity index (χ2n) is 8.40. The summed E-state index contributed by atoms with van der Waals surface area (Å²) in [6.45, 7) is 8.71. The molecule has 3 unspecified atom stereocenters. The highest BCUT2D eigenvalue weighted by Gasteiger charge is 2.22. The van der Waals surface area contributed by atoms with Crippen LogP contribution in [0.15, 0.2) is 61.2 Å². The average Bonchev–Trinajstić information content (AvgIpc) is 2.81. The normalized spacial score (nSPS) is 13.6. The number of para-hydroxylation sites is 1. The van der Waals surface area contributed by atoms with E-state index in [2.05, 4.69) is 18.0 Å². The number of hydrogen-bond donors (Lipinski definition) is 3. The minimum Gasteiger partial charge on any atom is -0.494 e. The van der Waals surface area contributed by atoms with Gasteiger partial charge in [-0.25, -0.2) is 0 Å². The molecule has 4 N–H and O–H groups in total. The highest BCUT2D eigenvalue weighted by molar-refractivity contribution is 5.72. The summed E-state index contributed by atoms with van der Waals surface area (Å²) in [5.41, 5.74) is 8.40. The molecule has 1 amide bonds. The first-order valence-electron chi connectivity index (χ1n) is 11.6. The summed E-state index contributed by atoms with van der Waals surface area (Å²) in [5.74, 6) is 1.67. The third-order valence-electron chi connectivity index (χ3n) is 5.60. The number of benzene rings is 2. The first kappa shape index (κ1) is 26.4. The van der Waals surface area contributed by atoms with Crippen LogP contribution in [0, 0.1) is 5.92 Å². The summed E-state index contributed by atoms with van der Waals surface area (Å²) in [4.78, 5) is 11.1. The first-order chi connectivity index (χ1) is 15.9. The molecule has 0 aliphatic rings. The Balaban J connectivity index is 1.80. The van der Waals surface area contributed by atoms with Gasteiger partial charge in [0.15, 0.2) is 0 Å². The quantitative estimate of drug-likeness (QED) is 0.282. The summed E-state index contributed by atoms with van der Waals surface area (Å²) in [5, 5.41) is 13.4. The molecule has 0 aromatic heterocycles. The number of allylic oxidation sites excluding steroid dienone is 1. The van der Waals surface area contributed by atoms with E-state index in [1.54, 1.807) is 0 Å². The molecule has 2 aromatic carbocycles. The van der Waals surface area contributed by atoms with E-state index in [1.165, 1.54) is 6.92 Å². The largest absolute Gasteiger partial charge is 0.494 e. The van der Waals surface area contributed by atoms with Gasteiger partial charge in [-0.15, -0.1) is 6.58 Å². The summed E-state index contributed by atoms with van der Waals surface area (Å²) < 4.78 is 11.7. The second kappa shape index (κ2) is 14.3. The van der Waals surface area contributed by atoms with E-state index in [0.29, 0.717) is 25.3 Å². The van der Waals surface area contributed by atoms with Crippen molar-refractivity contribution < 1.29 is 19.4 Å². The number of nitrogens with one attached hydrogen (secondary N) is 1. The molecule has 0 fully saturated rings. The molecule has 33 heavy (non-hydrogen) atoms. The Morgan fingerprint density at radius 2 is 1.97 bits per heavy atom. The van der Waals surface area contributed by atoms with Crippen LogP contribution >= 0.6 is 0 Å². The van der Waals surface area contributed by atoms with E-state index in [9.17, 15) is 9.90 Å². The van der Waals surface area contributed by atoms with Gasteiger partial charge in [0.2, 0.25) is 5.91 Å². The van der Waals surface area contributed by atoms with Crippen molar-refractivity contribution in [1.82, 2.24) is 5.32 Å². The zero-order valence-corrected chi connectivity index (χ0v) is 19.8. The predicted molar refractivity (Wildman–Crippen MR) is 133 cm³/mol. The van der Waals surface area contributed by atoms with E-state index in [1.807, 2.05) is 55.5 Å². The van der Waals surface area contributed by atoms with Gasteiger partial charge in [-0.3, -0.25) is 4.79 Å². The lowest BCUT2D eigenvalue weighted by atomic mass is 9.93. The van der Waals surface area contributed by atoms with E-state index < -0.39 is 6.10 Å². The van der Waals surface area contributed by atoms with Crippen LogP contribution in [0.1, 0.15) is 37.8 Å². The molecule has 0 spiro atoms. The van der Waals surface area contributed by atoms with Crippen LogP contribution in [-0.2, 0) is 17.6 Å². The Morgan fingerprint density at radius 3 is 2.67 bits per heavy atom. The number of aliphatic hydroxyl groups excluding tert-OH is 1. The zero-order valence-electron chi connectivity index (χ0n) is 19.8. The highest BCUT2D eigenvalue weighted by Crippen LogP contribution is 2.23. The molecular weight excluding hydrogens is 416 g/mol. The van der Waals surface area contributed by atoms with Crippen molar-refractivity contribution in [2.75, 3.05) is 19.8 Å². The molecule has 3 atom stereocenters. The standard InChI is InChI=1S/C27H38N2O4/c1-4-9-23-18-22(15-16-29-21(3)30)13-14-26(23)33-19-25(31)27(28)20(2)10-8-17-32-24-11-6-5-7-12-24/h4-7,11-14,18,20,25,27,31H,1,8-10,15-17,19,28H2,2-3H3,(H,29,30).